The lowest BCUT2D eigenvalue weighted by Gasteiger charge is -2.23. The van der Waals surface area contributed by atoms with Crippen LogP contribution in [0.1, 0.15) is 18.9 Å². The molecule has 0 spiro atoms. The fourth-order valence-corrected chi connectivity index (χ4v) is 2.36. The van der Waals surface area contributed by atoms with E-state index in [1.54, 1.807) is 0 Å². The van der Waals surface area contributed by atoms with E-state index >= 15 is 0 Å². The van der Waals surface area contributed by atoms with Crippen molar-refractivity contribution in [3.05, 3.63) is 36.0 Å². The molecule has 92 valence electrons. The molecule has 1 heterocycles. The lowest BCUT2D eigenvalue weighted by atomic mass is 10.2. The lowest BCUT2D eigenvalue weighted by Crippen LogP contribution is -2.31. The van der Waals surface area contributed by atoms with Gasteiger partial charge in [0.05, 0.1) is 0 Å². The summed E-state index contributed by atoms with van der Waals surface area (Å²) in [6.45, 7) is 5.46. The molecule has 0 amide bonds. The molecule has 0 bridgehead atoms. The second-order valence-corrected chi connectivity index (χ2v) is 5.06. The van der Waals surface area contributed by atoms with Crippen LogP contribution in [0.25, 0.3) is 10.9 Å². The van der Waals surface area contributed by atoms with Gasteiger partial charge < -0.3 is 9.47 Å². The van der Waals surface area contributed by atoms with Crippen molar-refractivity contribution in [1.29, 1.82) is 0 Å². The third-order valence-electron chi connectivity index (χ3n) is 3.54. The van der Waals surface area contributed by atoms with Crippen LogP contribution in [0.2, 0.25) is 0 Å². The Balaban J connectivity index is 2.30. The number of benzene rings is 1. The summed E-state index contributed by atoms with van der Waals surface area (Å²) in [6.07, 6.45) is 3.38. The minimum absolute atomic E-state index is 0.604. The first-order valence-corrected chi connectivity index (χ1v) is 6.33. The molecule has 1 aromatic heterocycles. The summed E-state index contributed by atoms with van der Waals surface area (Å²) in [7, 11) is 4.31. The summed E-state index contributed by atoms with van der Waals surface area (Å²) in [5.74, 6) is 0. The van der Waals surface area contributed by atoms with Crippen molar-refractivity contribution in [2.75, 3.05) is 14.1 Å². The van der Waals surface area contributed by atoms with Crippen LogP contribution in [0.4, 0.5) is 0 Å². The molecular weight excluding hydrogens is 208 g/mol. The van der Waals surface area contributed by atoms with E-state index in [0.717, 1.165) is 6.54 Å². The van der Waals surface area contributed by atoms with Crippen molar-refractivity contribution in [3.63, 3.8) is 0 Å². The lowest BCUT2D eigenvalue weighted by molar-refractivity contribution is 0.259. The Kier molecular flexibility index (Phi) is 3.53. The number of likely N-dealkylation sites (N-methyl/N-ethyl adjacent to an activating group) is 1. The van der Waals surface area contributed by atoms with Gasteiger partial charge in [-0.05, 0) is 51.0 Å². The topological polar surface area (TPSA) is 8.17 Å². The number of nitrogens with zero attached hydrogens (tertiary/aromatic N) is 2. The maximum absolute atomic E-state index is 2.36. The molecule has 0 aliphatic heterocycles. The van der Waals surface area contributed by atoms with E-state index in [4.69, 9.17) is 0 Å². The van der Waals surface area contributed by atoms with Gasteiger partial charge in [-0.2, -0.15) is 0 Å². The van der Waals surface area contributed by atoms with Gasteiger partial charge in [-0.15, -0.1) is 0 Å². The number of hydrogen-bond donors (Lipinski definition) is 0. The van der Waals surface area contributed by atoms with Gasteiger partial charge in [0.1, 0.15) is 0 Å². The maximum Gasteiger partial charge on any atom is 0.0480 e. The molecule has 2 rings (SSSR count). The molecule has 0 aliphatic carbocycles. The third kappa shape index (κ3) is 2.52. The van der Waals surface area contributed by atoms with Crippen molar-refractivity contribution in [2.24, 2.45) is 0 Å². The van der Waals surface area contributed by atoms with Crippen molar-refractivity contribution in [2.45, 2.75) is 32.9 Å². The van der Waals surface area contributed by atoms with Crippen LogP contribution >= 0.6 is 0 Å². The average Bonchev–Trinajstić information content (AvgIpc) is 2.67. The second kappa shape index (κ2) is 4.92. The van der Waals surface area contributed by atoms with Gasteiger partial charge in [-0.3, -0.25) is 0 Å². The van der Waals surface area contributed by atoms with Crippen LogP contribution in [-0.4, -0.2) is 29.6 Å². The summed E-state index contributed by atoms with van der Waals surface area (Å²) in [4.78, 5) is 2.31. The number of fused-ring (bicyclic) bond motifs is 1. The van der Waals surface area contributed by atoms with E-state index < -0.39 is 0 Å². The maximum atomic E-state index is 2.36. The smallest absolute Gasteiger partial charge is 0.0480 e. The first-order chi connectivity index (χ1) is 8.11. The zero-order valence-electron chi connectivity index (χ0n) is 11.3. The summed E-state index contributed by atoms with van der Waals surface area (Å²) in [5.41, 5.74) is 2.67. The van der Waals surface area contributed by atoms with E-state index in [0.29, 0.717) is 6.04 Å². The van der Waals surface area contributed by atoms with E-state index in [-0.39, 0.29) is 0 Å². The SMILES string of the molecule is CC[C@H](Cn1ccc2cc(C)ccc21)N(C)C. The zero-order chi connectivity index (χ0) is 12.4. The largest absolute Gasteiger partial charge is 0.346 e. The highest BCUT2D eigenvalue weighted by Gasteiger charge is 2.10. The van der Waals surface area contributed by atoms with E-state index in [1.165, 1.54) is 22.9 Å². The highest BCUT2D eigenvalue weighted by atomic mass is 15.1. The summed E-state index contributed by atoms with van der Waals surface area (Å²) in [6, 6.07) is 9.49. The van der Waals surface area contributed by atoms with Crippen LogP contribution in [0.5, 0.6) is 0 Å². The Morgan fingerprint density at radius 1 is 1.24 bits per heavy atom. The molecule has 0 saturated carbocycles. The van der Waals surface area contributed by atoms with E-state index in [1.807, 2.05) is 0 Å². The molecule has 0 saturated heterocycles. The van der Waals surface area contributed by atoms with Crippen LogP contribution < -0.4 is 0 Å². The molecule has 1 aromatic carbocycles. The van der Waals surface area contributed by atoms with Crippen LogP contribution in [0.15, 0.2) is 30.5 Å². The normalized spacial score (nSPS) is 13.5. The average molecular weight is 230 g/mol. The van der Waals surface area contributed by atoms with Crippen molar-refractivity contribution >= 4 is 10.9 Å². The molecular formula is C15H22N2. The van der Waals surface area contributed by atoms with Crippen molar-refractivity contribution in [1.82, 2.24) is 9.47 Å². The first kappa shape index (κ1) is 12.2. The second-order valence-electron chi connectivity index (χ2n) is 5.06. The predicted octanol–water partition coefficient (Wildman–Crippen LogP) is 3.29. The highest BCUT2D eigenvalue weighted by Crippen LogP contribution is 2.18. The summed E-state index contributed by atoms with van der Waals surface area (Å²) < 4.78 is 2.36. The Labute approximate surface area is 104 Å². The molecule has 0 fully saturated rings. The molecule has 0 radical (unpaired) electrons. The van der Waals surface area contributed by atoms with E-state index in [9.17, 15) is 0 Å². The van der Waals surface area contributed by atoms with Gasteiger partial charge in [0.25, 0.3) is 0 Å². The van der Waals surface area contributed by atoms with Gasteiger partial charge in [-0.1, -0.05) is 18.6 Å². The molecule has 0 unspecified atom stereocenters. The minimum Gasteiger partial charge on any atom is -0.346 e. The van der Waals surface area contributed by atoms with Crippen LogP contribution in [0.3, 0.4) is 0 Å². The van der Waals surface area contributed by atoms with Crippen molar-refractivity contribution in [3.8, 4) is 0 Å². The molecule has 0 N–H and O–H groups in total. The van der Waals surface area contributed by atoms with Gasteiger partial charge in [-0.25, -0.2) is 0 Å². The Bertz CT molecular complexity index is 497. The molecule has 17 heavy (non-hydrogen) atoms. The zero-order valence-corrected chi connectivity index (χ0v) is 11.3. The molecule has 2 nitrogen and oxygen atoms in total. The summed E-state index contributed by atoms with van der Waals surface area (Å²) >= 11 is 0. The van der Waals surface area contributed by atoms with Crippen LogP contribution in [0, 0.1) is 6.92 Å². The fraction of sp³-hybridized carbons (Fsp3) is 0.467. The molecule has 2 aromatic rings. The van der Waals surface area contributed by atoms with E-state index in [2.05, 4.69) is 67.9 Å². The Morgan fingerprint density at radius 3 is 2.65 bits per heavy atom. The number of hydrogen-bond acceptors (Lipinski definition) is 1. The first-order valence-electron chi connectivity index (χ1n) is 6.33. The van der Waals surface area contributed by atoms with Gasteiger partial charge in [0.2, 0.25) is 0 Å². The monoisotopic (exact) mass is 230 g/mol. The molecule has 2 heteroatoms. The van der Waals surface area contributed by atoms with Gasteiger partial charge in [0.15, 0.2) is 0 Å². The molecule has 1 atom stereocenters. The number of aromatic nitrogens is 1. The predicted molar refractivity (Wildman–Crippen MR) is 74.4 cm³/mol. The minimum atomic E-state index is 0.604. The Morgan fingerprint density at radius 2 is 2.00 bits per heavy atom. The van der Waals surface area contributed by atoms with Gasteiger partial charge in [0, 0.05) is 24.3 Å². The standard InChI is InChI=1S/C15H22N2/c1-5-14(16(3)4)11-17-9-8-13-10-12(2)6-7-15(13)17/h6-10,14H,5,11H2,1-4H3/t14-/m1/s1. The fourth-order valence-electron chi connectivity index (χ4n) is 2.36. The molecule has 0 aliphatic rings. The van der Waals surface area contributed by atoms with Crippen LogP contribution in [-0.2, 0) is 6.54 Å². The number of rotatable bonds is 4. The van der Waals surface area contributed by atoms with Gasteiger partial charge >= 0.3 is 0 Å². The number of aryl methyl sites for hydroxylation is 1. The third-order valence-corrected chi connectivity index (χ3v) is 3.54. The Hall–Kier alpha value is -1.28. The summed E-state index contributed by atoms with van der Waals surface area (Å²) in [5, 5.41) is 1.35. The highest BCUT2D eigenvalue weighted by molar-refractivity contribution is 5.80. The van der Waals surface area contributed by atoms with Crippen molar-refractivity contribution < 1.29 is 0 Å². The quantitative estimate of drug-likeness (QED) is 0.782.